The second-order valence-corrected chi connectivity index (χ2v) is 22.7. The SMILES string of the molecule is CC/C=C\C/C=C\C/C=C\C/C=C\C/C=C\C/C=C\C/C=C\C/C=C\CCCCCCCCCCCCCCC(=O)NC(COP(=O)([O-])OCC[N+](C)(C)C)C(O)/C=C/CCCCCCCCCCCCCCC. The summed E-state index contributed by atoms with van der Waals surface area (Å²) >= 11 is 0. The first kappa shape index (κ1) is 71.2. The summed E-state index contributed by atoms with van der Waals surface area (Å²) in [6.45, 7) is 4.53. The summed E-state index contributed by atoms with van der Waals surface area (Å²) in [5.41, 5.74) is 0. The van der Waals surface area contributed by atoms with Crippen molar-refractivity contribution in [2.24, 2.45) is 0 Å². The molecule has 0 spiro atoms. The van der Waals surface area contributed by atoms with Gasteiger partial charge in [-0.25, -0.2) is 0 Å². The molecule has 0 aromatic carbocycles. The molecule has 3 atom stereocenters. The van der Waals surface area contributed by atoms with Crippen LogP contribution in [0.1, 0.15) is 245 Å². The van der Waals surface area contributed by atoms with E-state index in [0.717, 1.165) is 89.9 Å². The lowest BCUT2D eigenvalue weighted by Gasteiger charge is -2.29. The van der Waals surface area contributed by atoms with Crippen LogP contribution in [0.15, 0.2) is 109 Å². The van der Waals surface area contributed by atoms with Crippen LogP contribution in [0.2, 0.25) is 0 Å². The van der Waals surface area contributed by atoms with Crippen LogP contribution >= 0.6 is 7.82 Å². The van der Waals surface area contributed by atoms with E-state index in [1.54, 1.807) is 6.08 Å². The van der Waals surface area contributed by atoms with Crippen molar-refractivity contribution < 1.29 is 32.9 Å². The van der Waals surface area contributed by atoms with Crippen LogP contribution in [0.5, 0.6) is 0 Å². The Balaban J connectivity index is 4.10. The minimum Gasteiger partial charge on any atom is -0.756 e. The van der Waals surface area contributed by atoms with Crippen molar-refractivity contribution in [2.45, 2.75) is 257 Å². The van der Waals surface area contributed by atoms with E-state index >= 15 is 0 Å². The number of quaternary nitrogens is 1. The fourth-order valence-corrected chi connectivity index (χ4v) is 9.01. The largest absolute Gasteiger partial charge is 0.756 e. The maximum atomic E-state index is 13.0. The zero-order chi connectivity index (χ0) is 54.2. The molecular formula is C65H115N2O6P. The van der Waals surface area contributed by atoms with Gasteiger partial charge in [0.2, 0.25) is 5.91 Å². The zero-order valence-electron chi connectivity index (χ0n) is 48.5. The van der Waals surface area contributed by atoms with Gasteiger partial charge in [0.25, 0.3) is 7.82 Å². The highest BCUT2D eigenvalue weighted by atomic mass is 31.2. The average Bonchev–Trinajstić information content (AvgIpc) is 3.36. The second kappa shape index (κ2) is 54.9. The molecule has 0 aliphatic heterocycles. The fraction of sp³-hybridized carbons (Fsp3) is 0.708. The number of unbranched alkanes of at least 4 members (excludes halogenated alkanes) is 25. The molecule has 0 bridgehead atoms. The van der Waals surface area contributed by atoms with Gasteiger partial charge < -0.3 is 28.8 Å². The fourth-order valence-electron chi connectivity index (χ4n) is 8.29. The smallest absolute Gasteiger partial charge is 0.268 e. The van der Waals surface area contributed by atoms with Crippen LogP contribution in [0.25, 0.3) is 0 Å². The Hall–Kier alpha value is -2.84. The van der Waals surface area contributed by atoms with Gasteiger partial charge in [-0.1, -0.05) is 264 Å². The summed E-state index contributed by atoms with van der Waals surface area (Å²) in [5, 5.41) is 13.9. The number of allylic oxidation sites excluding steroid dienone is 17. The molecule has 2 N–H and O–H groups in total. The minimum atomic E-state index is -4.60. The predicted octanol–water partition coefficient (Wildman–Crippen LogP) is 18.1. The van der Waals surface area contributed by atoms with E-state index in [2.05, 4.69) is 116 Å². The number of phosphoric ester groups is 1. The Bertz CT molecular complexity index is 1570. The Morgan fingerprint density at radius 2 is 0.824 bits per heavy atom. The van der Waals surface area contributed by atoms with Crippen molar-refractivity contribution in [3.05, 3.63) is 109 Å². The number of aliphatic hydroxyl groups excluding tert-OH is 1. The molecule has 3 unspecified atom stereocenters. The summed E-state index contributed by atoms with van der Waals surface area (Å²) in [7, 11) is 1.25. The molecule has 0 heterocycles. The molecule has 8 nitrogen and oxygen atoms in total. The number of carbonyl (C=O) groups excluding carboxylic acids is 1. The van der Waals surface area contributed by atoms with Crippen LogP contribution in [0.3, 0.4) is 0 Å². The van der Waals surface area contributed by atoms with E-state index in [-0.39, 0.29) is 19.1 Å². The number of carbonyl (C=O) groups is 1. The predicted molar refractivity (Wildman–Crippen MR) is 320 cm³/mol. The summed E-state index contributed by atoms with van der Waals surface area (Å²) in [4.78, 5) is 25.5. The van der Waals surface area contributed by atoms with Gasteiger partial charge in [0.1, 0.15) is 13.2 Å². The molecular weight excluding hydrogens is 936 g/mol. The van der Waals surface area contributed by atoms with Gasteiger partial charge in [-0.15, -0.1) is 0 Å². The van der Waals surface area contributed by atoms with Crippen molar-refractivity contribution in [2.75, 3.05) is 40.9 Å². The average molecular weight is 1050 g/mol. The van der Waals surface area contributed by atoms with E-state index in [1.165, 1.54) is 135 Å². The van der Waals surface area contributed by atoms with E-state index in [1.807, 2.05) is 27.2 Å². The van der Waals surface area contributed by atoms with Crippen molar-refractivity contribution in [3.8, 4) is 0 Å². The number of hydrogen-bond donors (Lipinski definition) is 2. The topological polar surface area (TPSA) is 108 Å². The third-order valence-corrected chi connectivity index (χ3v) is 14.0. The first-order valence-electron chi connectivity index (χ1n) is 30.2. The normalized spacial score (nSPS) is 14.6. The van der Waals surface area contributed by atoms with Gasteiger partial charge in [0, 0.05) is 6.42 Å². The monoisotopic (exact) mass is 1050 g/mol. The molecule has 74 heavy (non-hydrogen) atoms. The zero-order valence-corrected chi connectivity index (χ0v) is 49.4. The summed E-state index contributed by atoms with van der Waals surface area (Å²) in [5.74, 6) is -0.203. The molecule has 0 aromatic heterocycles. The van der Waals surface area contributed by atoms with E-state index in [0.29, 0.717) is 17.4 Å². The molecule has 0 aliphatic rings. The third kappa shape index (κ3) is 56.9. The lowest BCUT2D eigenvalue weighted by atomic mass is 10.0. The van der Waals surface area contributed by atoms with Crippen LogP contribution < -0.4 is 10.2 Å². The van der Waals surface area contributed by atoms with Crippen molar-refractivity contribution >= 4 is 13.7 Å². The second-order valence-electron chi connectivity index (χ2n) is 21.3. The van der Waals surface area contributed by atoms with E-state index < -0.39 is 20.0 Å². The van der Waals surface area contributed by atoms with Crippen molar-refractivity contribution in [1.82, 2.24) is 5.32 Å². The van der Waals surface area contributed by atoms with Crippen molar-refractivity contribution in [1.29, 1.82) is 0 Å². The van der Waals surface area contributed by atoms with Gasteiger partial charge in [0.15, 0.2) is 0 Å². The minimum absolute atomic E-state index is 0.00526. The number of likely N-dealkylation sites (N-methyl/N-ethyl adjacent to an activating group) is 1. The van der Waals surface area contributed by atoms with Crippen LogP contribution in [0, 0.1) is 0 Å². The molecule has 0 aromatic rings. The van der Waals surface area contributed by atoms with Crippen LogP contribution in [-0.4, -0.2) is 68.5 Å². The molecule has 0 saturated heterocycles. The number of aliphatic hydroxyl groups is 1. The molecule has 0 fully saturated rings. The number of amides is 1. The maximum absolute atomic E-state index is 13.0. The van der Waals surface area contributed by atoms with E-state index in [9.17, 15) is 19.4 Å². The Kier molecular flexibility index (Phi) is 52.8. The van der Waals surface area contributed by atoms with Gasteiger partial charge in [-0.2, -0.15) is 0 Å². The van der Waals surface area contributed by atoms with Gasteiger partial charge in [-0.3, -0.25) is 9.36 Å². The Labute approximate surface area is 457 Å². The number of rotatable bonds is 54. The molecule has 0 saturated carbocycles. The molecule has 1 amide bonds. The number of hydrogen-bond acceptors (Lipinski definition) is 6. The quantitative estimate of drug-likeness (QED) is 0.0272. The maximum Gasteiger partial charge on any atom is 0.268 e. The lowest BCUT2D eigenvalue weighted by molar-refractivity contribution is -0.870. The van der Waals surface area contributed by atoms with Crippen LogP contribution in [0.4, 0.5) is 0 Å². The number of nitrogens with one attached hydrogen (secondary N) is 1. The highest BCUT2D eigenvalue weighted by Crippen LogP contribution is 2.38. The standard InChI is InChI=1S/C65H115N2O6P/c1-6-8-10-12-14-16-18-20-22-23-24-25-26-27-28-29-30-31-32-33-34-35-36-37-38-39-40-41-42-43-45-47-49-51-53-55-57-59-65(69)66-63(62-73-74(70,71)72-61-60-67(3,4)5)64(68)58-56-54-52-50-48-46-44-21-19-17-15-13-11-9-7-2/h8,10,14,16,20,22,24-25,27-28,30-31,33-34,36-37,56,58,63-64,68H,6-7,9,11-13,15,17-19,21,23,26,29,32,35,38-55,57,59-62H2,1-5H3,(H-,66,69,70,71)/b10-8-,16-14-,22-20-,25-24-,28-27-,31-30-,34-33-,37-36-,58-56+. The highest BCUT2D eigenvalue weighted by Gasteiger charge is 2.23. The molecule has 0 rings (SSSR count). The van der Waals surface area contributed by atoms with Crippen molar-refractivity contribution in [3.63, 3.8) is 0 Å². The van der Waals surface area contributed by atoms with Gasteiger partial charge in [0.05, 0.1) is 39.9 Å². The highest BCUT2D eigenvalue weighted by molar-refractivity contribution is 7.45. The lowest BCUT2D eigenvalue weighted by Crippen LogP contribution is -2.45. The number of nitrogens with zero attached hydrogens (tertiary/aromatic N) is 1. The first-order chi connectivity index (χ1) is 36.0. The van der Waals surface area contributed by atoms with Gasteiger partial charge >= 0.3 is 0 Å². The summed E-state index contributed by atoms with van der Waals surface area (Å²) < 4.78 is 23.3. The Morgan fingerprint density at radius 1 is 0.486 bits per heavy atom. The molecule has 9 heteroatoms. The van der Waals surface area contributed by atoms with E-state index in [4.69, 9.17) is 9.05 Å². The summed E-state index contributed by atoms with van der Waals surface area (Å²) in [6, 6.07) is -0.893. The summed E-state index contributed by atoms with van der Waals surface area (Å²) in [6.07, 6.45) is 80.3. The first-order valence-corrected chi connectivity index (χ1v) is 31.7. The molecule has 426 valence electrons. The third-order valence-electron chi connectivity index (χ3n) is 13.0. The molecule has 0 aliphatic carbocycles. The molecule has 0 radical (unpaired) electrons. The van der Waals surface area contributed by atoms with Crippen LogP contribution in [-0.2, 0) is 18.4 Å². The van der Waals surface area contributed by atoms with Gasteiger partial charge in [-0.05, 0) is 83.5 Å². The number of phosphoric acid groups is 1. The Morgan fingerprint density at radius 3 is 1.20 bits per heavy atom.